The van der Waals surface area contributed by atoms with Crippen molar-refractivity contribution >= 4 is 52.1 Å². The Morgan fingerprint density at radius 3 is 2.29 bits per heavy atom. The summed E-state index contributed by atoms with van der Waals surface area (Å²) in [7, 11) is 0. The van der Waals surface area contributed by atoms with Crippen LogP contribution >= 0.6 is 23.2 Å². The third kappa shape index (κ3) is 5.26. The number of carbonyl (C=O) groups excluding carboxylic acids is 2. The van der Waals surface area contributed by atoms with E-state index in [0.29, 0.717) is 36.9 Å². The molecule has 0 saturated carbocycles. The number of nitrogens with zero attached hydrogens (tertiary/aromatic N) is 3. The summed E-state index contributed by atoms with van der Waals surface area (Å²) in [6.45, 7) is 6.34. The number of hydrogen-bond acceptors (Lipinski definition) is 5. The number of anilines is 2. The molecule has 164 valence electrons. The predicted molar refractivity (Wildman–Crippen MR) is 121 cm³/mol. The Morgan fingerprint density at radius 1 is 1.03 bits per heavy atom. The standard InChI is InChI=1S/C21H22Cl2N4O4/c1-13(2)21(29)26-9-7-25(8-10-26)19-6-3-14(11-18(19)23)24-20(28)16-12-15(27(30)31)4-5-17(16)22/h3-6,11-13H,7-10H2,1-2H3,(H,24,28). The van der Waals surface area contributed by atoms with Gasteiger partial charge in [0.25, 0.3) is 11.6 Å². The van der Waals surface area contributed by atoms with Gasteiger partial charge in [0.2, 0.25) is 5.91 Å². The summed E-state index contributed by atoms with van der Waals surface area (Å²) in [5.41, 5.74) is 1.03. The van der Waals surface area contributed by atoms with Crippen LogP contribution < -0.4 is 10.2 Å². The SMILES string of the molecule is CC(C)C(=O)N1CCN(c2ccc(NC(=O)c3cc([N+](=O)[O-])ccc3Cl)cc2Cl)CC1. The lowest BCUT2D eigenvalue weighted by Crippen LogP contribution is -2.50. The average molecular weight is 465 g/mol. The highest BCUT2D eigenvalue weighted by Crippen LogP contribution is 2.30. The van der Waals surface area contributed by atoms with Gasteiger partial charge in [0.1, 0.15) is 0 Å². The van der Waals surface area contributed by atoms with Gasteiger partial charge in [-0.15, -0.1) is 0 Å². The van der Waals surface area contributed by atoms with Gasteiger partial charge in [-0.05, 0) is 24.3 Å². The quantitative estimate of drug-likeness (QED) is 0.520. The highest BCUT2D eigenvalue weighted by Gasteiger charge is 2.24. The molecule has 0 aliphatic carbocycles. The lowest BCUT2D eigenvalue weighted by atomic mass is 10.1. The van der Waals surface area contributed by atoms with Gasteiger partial charge in [0.05, 0.1) is 26.2 Å². The van der Waals surface area contributed by atoms with Crippen LogP contribution in [0.1, 0.15) is 24.2 Å². The number of nitro groups is 1. The van der Waals surface area contributed by atoms with E-state index in [1.54, 1.807) is 18.2 Å². The van der Waals surface area contributed by atoms with E-state index in [1.807, 2.05) is 18.7 Å². The molecule has 0 unspecified atom stereocenters. The molecular weight excluding hydrogens is 443 g/mol. The van der Waals surface area contributed by atoms with Crippen LogP contribution in [0.2, 0.25) is 10.0 Å². The fraction of sp³-hybridized carbons (Fsp3) is 0.333. The smallest absolute Gasteiger partial charge is 0.270 e. The number of nitro benzene ring substituents is 1. The molecule has 2 amide bonds. The highest BCUT2D eigenvalue weighted by molar-refractivity contribution is 6.35. The van der Waals surface area contributed by atoms with Gasteiger partial charge >= 0.3 is 0 Å². The van der Waals surface area contributed by atoms with Crippen LogP contribution in [0, 0.1) is 16.0 Å². The maximum atomic E-state index is 12.6. The van der Waals surface area contributed by atoms with Crippen molar-refractivity contribution in [1.29, 1.82) is 0 Å². The summed E-state index contributed by atoms with van der Waals surface area (Å²) in [5.74, 6) is -0.459. The van der Waals surface area contributed by atoms with Crippen molar-refractivity contribution < 1.29 is 14.5 Å². The second-order valence-electron chi connectivity index (χ2n) is 7.51. The van der Waals surface area contributed by atoms with E-state index >= 15 is 0 Å². The minimum absolute atomic E-state index is 0.00186. The van der Waals surface area contributed by atoms with Crippen LogP contribution in [-0.4, -0.2) is 47.8 Å². The maximum Gasteiger partial charge on any atom is 0.270 e. The lowest BCUT2D eigenvalue weighted by Gasteiger charge is -2.37. The molecule has 2 aromatic rings. The third-order valence-corrected chi connectivity index (χ3v) is 5.67. The van der Waals surface area contributed by atoms with Crippen LogP contribution in [0.3, 0.4) is 0 Å². The first kappa shape index (κ1) is 22.8. The Bertz CT molecular complexity index is 1020. The van der Waals surface area contributed by atoms with Gasteiger partial charge in [0.15, 0.2) is 0 Å². The fourth-order valence-electron chi connectivity index (χ4n) is 3.37. The number of piperazine rings is 1. The number of carbonyl (C=O) groups is 2. The molecule has 1 saturated heterocycles. The van der Waals surface area contributed by atoms with Crippen LogP contribution in [-0.2, 0) is 4.79 Å². The number of benzene rings is 2. The van der Waals surface area contributed by atoms with Crippen molar-refractivity contribution in [3.63, 3.8) is 0 Å². The number of hydrogen-bond donors (Lipinski definition) is 1. The Hall–Kier alpha value is -2.84. The van der Waals surface area contributed by atoms with Crippen molar-refractivity contribution in [2.24, 2.45) is 5.92 Å². The van der Waals surface area contributed by atoms with Crippen LogP contribution in [0.4, 0.5) is 17.1 Å². The molecule has 0 bridgehead atoms. The molecule has 31 heavy (non-hydrogen) atoms. The zero-order valence-electron chi connectivity index (χ0n) is 17.1. The molecule has 3 rings (SSSR count). The molecule has 0 aromatic heterocycles. The van der Waals surface area contributed by atoms with Crippen LogP contribution in [0.5, 0.6) is 0 Å². The van der Waals surface area contributed by atoms with Gasteiger partial charge in [-0.3, -0.25) is 19.7 Å². The second kappa shape index (κ2) is 9.53. The van der Waals surface area contributed by atoms with Crippen LogP contribution in [0.25, 0.3) is 0 Å². The summed E-state index contributed by atoms with van der Waals surface area (Å²) >= 11 is 12.5. The van der Waals surface area contributed by atoms with E-state index in [9.17, 15) is 19.7 Å². The molecule has 2 aromatic carbocycles. The fourth-order valence-corrected chi connectivity index (χ4v) is 3.88. The lowest BCUT2D eigenvalue weighted by molar-refractivity contribution is -0.384. The van der Waals surface area contributed by atoms with Crippen molar-refractivity contribution in [3.8, 4) is 0 Å². The van der Waals surface area contributed by atoms with Crippen molar-refractivity contribution in [1.82, 2.24) is 4.90 Å². The first-order valence-corrected chi connectivity index (χ1v) is 10.5. The first-order chi connectivity index (χ1) is 14.7. The normalized spacial score (nSPS) is 14.0. The highest BCUT2D eigenvalue weighted by atomic mass is 35.5. The monoisotopic (exact) mass is 464 g/mol. The molecule has 8 nitrogen and oxygen atoms in total. The Morgan fingerprint density at radius 2 is 1.71 bits per heavy atom. The molecule has 1 heterocycles. The molecular formula is C21H22Cl2N4O4. The average Bonchev–Trinajstić information content (AvgIpc) is 2.73. The molecule has 0 radical (unpaired) electrons. The summed E-state index contributed by atoms with van der Waals surface area (Å²) in [5, 5.41) is 14.2. The van der Waals surface area contributed by atoms with E-state index in [0.717, 1.165) is 11.8 Å². The molecule has 1 aliphatic rings. The van der Waals surface area contributed by atoms with Crippen LogP contribution in [0.15, 0.2) is 36.4 Å². The summed E-state index contributed by atoms with van der Waals surface area (Å²) in [6, 6.07) is 8.80. The van der Waals surface area contributed by atoms with Crippen molar-refractivity contribution in [2.45, 2.75) is 13.8 Å². The summed E-state index contributed by atoms with van der Waals surface area (Å²) < 4.78 is 0. The summed E-state index contributed by atoms with van der Waals surface area (Å²) in [4.78, 5) is 39.0. The predicted octanol–water partition coefficient (Wildman–Crippen LogP) is 4.46. The van der Waals surface area contributed by atoms with Gasteiger partial charge < -0.3 is 15.1 Å². The number of nitrogens with one attached hydrogen (secondary N) is 1. The van der Waals surface area contributed by atoms with Gasteiger partial charge in [-0.2, -0.15) is 0 Å². The van der Waals surface area contributed by atoms with Crippen molar-refractivity contribution in [3.05, 3.63) is 62.1 Å². The van der Waals surface area contributed by atoms with E-state index in [1.165, 1.54) is 12.1 Å². The van der Waals surface area contributed by atoms with E-state index in [4.69, 9.17) is 23.2 Å². The van der Waals surface area contributed by atoms with Gasteiger partial charge in [-0.25, -0.2) is 0 Å². The minimum Gasteiger partial charge on any atom is -0.367 e. The van der Waals surface area contributed by atoms with E-state index < -0.39 is 10.8 Å². The number of non-ortho nitro benzene ring substituents is 1. The molecule has 1 aliphatic heterocycles. The maximum absolute atomic E-state index is 12.6. The van der Waals surface area contributed by atoms with E-state index in [-0.39, 0.29) is 28.1 Å². The Labute approximate surface area is 189 Å². The first-order valence-electron chi connectivity index (χ1n) is 9.76. The molecule has 1 fully saturated rings. The number of amides is 2. The second-order valence-corrected chi connectivity index (χ2v) is 8.32. The molecule has 0 atom stereocenters. The van der Waals surface area contributed by atoms with Gasteiger partial charge in [0, 0.05) is 49.9 Å². The molecule has 1 N–H and O–H groups in total. The number of halogens is 2. The van der Waals surface area contributed by atoms with Crippen molar-refractivity contribution in [2.75, 3.05) is 36.4 Å². The molecule has 0 spiro atoms. The number of rotatable bonds is 5. The summed E-state index contributed by atoms with van der Waals surface area (Å²) in [6.07, 6.45) is 0. The third-order valence-electron chi connectivity index (χ3n) is 5.04. The topological polar surface area (TPSA) is 95.8 Å². The Kier molecular flexibility index (Phi) is 7.02. The Balaban J connectivity index is 1.69. The largest absolute Gasteiger partial charge is 0.367 e. The minimum atomic E-state index is -0.590. The zero-order valence-corrected chi connectivity index (χ0v) is 18.6. The van der Waals surface area contributed by atoms with E-state index in [2.05, 4.69) is 10.2 Å². The molecule has 10 heteroatoms. The van der Waals surface area contributed by atoms with Gasteiger partial charge in [-0.1, -0.05) is 37.0 Å². The zero-order chi connectivity index (χ0) is 22.7.